The molecule has 2 aromatic heterocycles. The number of aromatic nitrogens is 4. The molecule has 6 nitrogen and oxygen atoms in total. The second kappa shape index (κ2) is 6.39. The number of rotatable bonds is 6. The van der Waals surface area contributed by atoms with Crippen LogP contribution in [0.25, 0.3) is 11.2 Å². The van der Waals surface area contributed by atoms with Gasteiger partial charge in [0.25, 0.3) is 5.56 Å². The molecule has 0 unspecified atom stereocenters. The van der Waals surface area contributed by atoms with Gasteiger partial charge in [0, 0.05) is 26.0 Å². The fraction of sp³-hybridized carbons (Fsp3) is 0.615. The first-order chi connectivity index (χ1) is 9.57. The van der Waals surface area contributed by atoms with Crippen LogP contribution in [0.4, 0.5) is 0 Å². The highest BCUT2D eigenvalue weighted by atomic mass is 79.9. The molecule has 110 valence electrons. The third-order valence-corrected chi connectivity index (χ3v) is 4.06. The molecular weight excluding hydrogens is 324 g/mol. The lowest BCUT2D eigenvalue weighted by Gasteiger charge is -2.06. The average Bonchev–Trinajstić information content (AvgIpc) is 2.86. The van der Waals surface area contributed by atoms with Crippen molar-refractivity contribution < 1.29 is 0 Å². The van der Waals surface area contributed by atoms with E-state index < -0.39 is 0 Å². The van der Waals surface area contributed by atoms with Crippen LogP contribution >= 0.6 is 15.9 Å². The van der Waals surface area contributed by atoms with E-state index >= 15 is 0 Å². The van der Waals surface area contributed by atoms with Gasteiger partial charge in [-0.2, -0.15) is 0 Å². The molecule has 0 bridgehead atoms. The van der Waals surface area contributed by atoms with Gasteiger partial charge < -0.3 is 4.57 Å². The highest BCUT2D eigenvalue weighted by Crippen LogP contribution is 2.09. The van der Waals surface area contributed by atoms with Gasteiger partial charge in [-0.3, -0.25) is 13.9 Å². The summed E-state index contributed by atoms with van der Waals surface area (Å²) in [6, 6.07) is 0. The molecule has 0 aliphatic heterocycles. The van der Waals surface area contributed by atoms with Gasteiger partial charge in [-0.05, 0) is 12.8 Å². The first-order valence-corrected chi connectivity index (χ1v) is 7.87. The predicted molar refractivity (Wildman–Crippen MR) is 82.5 cm³/mol. The number of aryl methyl sites for hydroxylation is 2. The number of alkyl halides is 1. The molecule has 0 amide bonds. The van der Waals surface area contributed by atoms with Gasteiger partial charge in [0.2, 0.25) is 0 Å². The van der Waals surface area contributed by atoms with Crippen molar-refractivity contribution in [3.63, 3.8) is 0 Å². The Balaban J connectivity index is 2.28. The maximum absolute atomic E-state index is 12.2. The molecule has 0 aliphatic rings. The van der Waals surface area contributed by atoms with E-state index in [0.29, 0.717) is 11.2 Å². The third-order valence-electron chi connectivity index (χ3n) is 3.50. The summed E-state index contributed by atoms with van der Waals surface area (Å²) >= 11 is 3.41. The molecular formula is C13H19BrN4O2. The molecule has 2 heterocycles. The minimum atomic E-state index is -0.343. The molecule has 0 saturated carbocycles. The zero-order valence-electron chi connectivity index (χ0n) is 11.8. The third kappa shape index (κ3) is 2.72. The van der Waals surface area contributed by atoms with Crippen molar-refractivity contribution in [1.29, 1.82) is 0 Å². The fourth-order valence-corrected chi connectivity index (χ4v) is 2.69. The van der Waals surface area contributed by atoms with Crippen LogP contribution in [0.2, 0.25) is 0 Å². The Labute approximate surface area is 125 Å². The number of unbranched alkanes of at least 4 members (excludes halogenated alkanes) is 3. The topological polar surface area (TPSA) is 61.8 Å². The number of nitrogens with zero attached hydrogens (tertiary/aromatic N) is 4. The van der Waals surface area contributed by atoms with Crippen LogP contribution in [0.3, 0.4) is 0 Å². The van der Waals surface area contributed by atoms with Crippen LogP contribution in [0.15, 0.2) is 15.9 Å². The van der Waals surface area contributed by atoms with Crippen LogP contribution < -0.4 is 11.2 Å². The van der Waals surface area contributed by atoms with E-state index in [-0.39, 0.29) is 11.2 Å². The van der Waals surface area contributed by atoms with Crippen molar-refractivity contribution in [3.8, 4) is 0 Å². The summed E-state index contributed by atoms with van der Waals surface area (Å²) in [6.45, 7) is 0.756. The van der Waals surface area contributed by atoms with Gasteiger partial charge in [-0.1, -0.05) is 28.8 Å². The first kappa shape index (κ1) is 15.0. The van der Waals surface area contributed by atoms with Crippen molar-refractivity contribution in [3.05, 3.63) is 27.2 Å². The van der Waals surface area contributed by atoms with E-state index in [9.17, 15) is 9.59 Å². The fourth-order valence-electron chi connectivity index (χ4n) is 2.30. The Morgan fingerprint density at radius 1 is 1.10 bits per heavy atom. The summed E-state index contributed by atoms with van der Waals surface area (Å²) in [5.74, 6) is 0. The monoisotopic (exact) mass is 342 g/mol. The van der Waals surface area contributed by atoms with E-state index in [2.05, 4.69) is 20.9 Å². The predicted octanol–water partition coefficient (Wildman–Crippen LogP) is 1.39. The van der Waals surface area contributed by atoms with Gasteiger partial charge in [0.05, 0.1) is 6.33 Å². The van der Waals surface area contributed by atoms with Crippen LogP contribution in [0.5, 0.6) is 0 Å². The Hall–Kier alpha value is -1.37. The van der Waals surface area contributed by atoms with E-state index in [4.69, 9.17) is 0 Å². The Bertz CT molecular complexity index is 713. The smallest absolute Gasteiger partial charge is 0.325 e. The maximum Gasteiger partial charge on any atom is 0.332 e. The molecule has 0 aliphatic carbocycles. The van der Waals surface area contributed by atoms with E-state index in [1.165, 1.54) is 24.5 Å². The number of hydrogen-bond donors (Lipinski definition) is 0. The van der Waals surface area contributed by atoms with Crippen LogP contribution in [0.1, 0.15) is 25.7 Å². The van der Waals surface area contributed by atoms with E-state index in [1.54, 1.807) is 13.4 Å². The van der Waals surface area contributed by atoms with Gasteiger partial charge in [0.1, 0.15) is 0 Å². The standard InChI is InChI=1S/C13H19BrN4O2/c1-16-11-10(12(19)17(2)13(16)20)18(9-15-11)8-6-4-3-5-7-14/h9H,3-8H2,1-2H3. The van der Waals surface area contributed by atoms with Gasteiger partial charge >= 0.3 is 5.69 Å². The molecule has 0 radical (unpaired) electrons. The summed E-state index contributed by atoms with van der Waals surface area (Å²) < 4.78 is 4.40. The molecule has 0 saturated heterocycles. The summed E-state index contributed by atoms with van der Waals surface area (Å²) in [7, 11) is 3.13. The average molecular weight is 343 g/mol. The molecule has 0 aromatic carbocycles. The summed E-state index contributed by atoms with van der Waals surface area (Å²) in [5, 5.41) is 1.03. The SMILES string of the molecule is Cn1c(=O)c2c(ncn2CCCCCCBr)n(C)c1=O. The highest BCUT2D eigenvalue weighted by Gasteiger charge is 2.13. The Morgan fingerprint density at radius 2 is 1.80 bits per heavy atom. The molecule has 7 heteroatoms. The van der Waals surface area contributed by atoms with Crippen molar-refractivity contribution >= 4 is 27.1 Å². The van der Waals surface area contributed by atoms with E-state index in [0.717, 1.165) is 29.3 Å². The second-order valence-corrected chi connectivity index (χ2v) is 5.71. The molecule has 0 N–H and O–H groups in total. The van der Waals surface area contributed by atoms with Crippen LogP contribution in [0, 0.1) is 0 Å². The van der Waals surface area contributed by atoms with E-state index in [1.807, 2.05) is 4.57 Å². The molecule has 2 rings (SSSR count). The van der Waals surface area contributed by atoms with Crippen molar-refractivity contribution in [2.24, 2.45) is 14.1 Å². The normalized spacial score (nSPS) is 11.3. The highest BCUT2D eigenvalue weighted by molar-refractivity contribution is 9.09. The minimum absolute atomic E-state index is 0.277. The maximum atomic E-state index is 12.2. The minimum Gasteiger partial charge on any atom is -0.325 e. The zero-order valence-corrected chi connectivity index (χ0v) is 13.4. The molecule has 2 aromatic rings. The van der Waals surface area contributed by atoms with Crippen molar-refractivity contribution in [1.82, 2.24) is 18.7 Å². The van der Waals surface area contributed by atoms with Crippen LogP contribution in [-0.4, -0.2) is 24.0 Å². The number of fused-ring (bicyclic) bond motifs is 1. The lowest BCUT2D eigenvalue weighted by Crippen LogP contribution is -2.37. The molecule has 0 atom stereocenters. The molecule has 0 fully saturated rings. The number of hydrogen-bond acceptors (Lipinski definition) is 3. The van der Waals surface area contributed by atoms with Gasteiger partial charge in [-0.15, -0.1) is 0 Å². The Kier molecular flexibility index (Phi) is 4.80. The van der Waals surface area contributed by atoms with Gasteiger partial charge in [0.15, 0.2) is 11.2 Å². The Morgan fingerprint density at radius 3 is 2.50 bits per heavy atom. The quantitative estimate of drug-likeness (QED) is 0.588. The lowest BCUT2D eigenvalue weighted by molar-refractivity contribution is 0.590. The second-order valence-electron chi connectivity index (χ2n) is 4.92. The summed E-state index contributed by atoms with van der Waals surface area (Å²) in [4.78, 5) is 28.2. The van der Waals surface area contributed by atoms with Crippen molar-refractivity contribution in [2.75, 3.05) is 5.33 Å². The largest absolute Gasteiger partial charge is 0.332 e. The summed E-state index contributed by atoms with van der Waals surface area (Å²) in [5.41, 5.74) is 0.347. The van der Waals surface area contributed by atoms with Crippen molar-refractivity contribution in [2.45, 2.75) is 32.2 Å². The number of halogens is 1. The lowest BCUT2D eigenvalue weighted by atomic mass is 10.2. The first-order valence-electron chi connectivity index (χ1n) is 6.74. The molecule has 0 spiro atoms. The molecule has 20 heavy (non-hydrogen) atoms. The van der Waals surface area contributed by atoms with Crippen LogP contribution in [-0.2, 0) is 20.6 Å². The summed E-state index contributed by atoms with van der Waals surface area (Å²) in [6.07, 6.45) is 6.12. The number of imidazole rings is 1. The van der Waals surface area contributed by atoms with Gasteiger partial charge in [-0.25, -0.2) is 9.78 Å². The zero-order chi connectivity index (χ0) is 14.7.